The maximum Gasteiger partial charge on any atom is 0.142 e. The fourth-order valence-electron chi connectivity index (χ4n) is 2.86. The molecule has 1 aromatic carbocycles. The van der Waals surface area contributed by atoms with Crippen molar-refractivity contribution < 1.29 is 0 Å². The molecule has 112 valence electrons. The minimum absolute atomic E-state index is 0.711. The van der Waals surface area contributed by atoms with Crippen molar-refractivity contribution in [1.29, 1.82) is 0 Å². The van der Waals surface area contributed by atoms with Crippen LogP contribution in [0.1, 0.15) is 25.3 Å². The van der Waals surface area contributed by atoms with Crippen molar-refractivity contribution in [2.45, 2.75) is 19.8 Å². The molecule has 2 aromatic heterocycles. The lowest BCUT2D eigenvalue weighted by Gasteiger charge is -2.17. The quantitative estimate of drug-likeness (QED) is 0.720. The predicted molar refractivity (Wildman–Crippen MR) is 91.6 cm³/mol. The van der Waals surface area contributed by atoms with E-state index in [-0.39, 0.29) is 0 Å². The van der Waals surface area contributed by atoms with Gasteiger partial charge in [0.1, 0.15) is 5.01 Å². The van der Waals surface area contributed by atoms with E-state index in [1.54, 1.807) is 11.3 Å². The summed E-state index contributed by atoms with van der Waals surface area (Å²) in [5.74, 6) is 0.711. The van der Waals surface area contributed by atoms with Gasteiger partial charge in [0.15, 0.2) is 0 Å². The third-order valence-electron chi connectivity index (χ3n) is 4.23. The minimum Gasteiger partial charge on any atom is -0.289 e. The molecule has 3 aromatic rings. The number of nitrogens with zero attached hydrogens (tertiary/aromatic N) is 4. The molecule has 1 unspecified atom stereocenters. The van der Waals surface area contributed by atoms with E-state index in [9.17, 15) is 0 Å². The lowest BCUT2D eigenvalue weighted by atomic mass is 9.96. The number of hydrogen-bond donors (Lipinski definition) is 0. The van der Waals surface area contributed by atoms with Gasteiger partial charge in [-0.15, -0.1) is 11.3 Å². The molecule has 1 aliphatic heterocycles. The highest BCUT2D eigenvalue weighted by atomic mass is 32.1. The van der Waals surface area contributed by atoms with Gasteiger partial charge in [-0.1, -0.05) is 13.0 Å². The monoisotopic (exact) mass is 310 g/mol. The van der Waals surface area contributed by atoms with E-state index in [0.29, 0.717) is 5.92 Å². The maximum atomic E-state index is 4.79. The molecule has 0 N–H and O–H groups in total. The molecule has 5 heteroatoms. The first-order valence-electron chi connectivity index (χ1n) is 7.63. The number of aromatic nitrogens is 3. The van der Waals surface area contributed by atoms with E-state index in [4.69, 9.17) is 9.98 Å². The average molecular weight is 310 g/mol. The van der Waals surface area contributed by atoms with E-state index in [2.05, 4.69) is 30.2 Å². The fraction of sp³-hybridized carbons (Fsp3) is 0.353. The number of aliphatic imine (C=N–C) groups is 1. The van der Waals surface area contributed by atoms with Gasteiger partial charge >= 0.3 is 0 Å². The van der Waals surface area contributed by atoms with Crippen LogP contribution in [0.2, 0.25) is 0 Å². The molecule has 0 spiro atoms. The van der Waals surface area contributed by atoms with Crippen molar-refractivity contribution in [1.82, 2.24) is 14.8 Å². The van der Waals surface area contributed by atoms with Gasteiger partial charge in [0.05, 0.1) is 15.9 Å². The van der Waals surface area contributed by atoms with Gasteiger partial charge in [-0.2, -0.15) is 5.10 Å². The first-order chi connectivity index (χ1) is 10.7. The largest absolute Gasteiger partial charge is 0.289 e. The molecule has 3 heterocycles. The number of hydrogen-bond acceptors (Lipinski definition) is 4. The van der Waals surface area contributed by atoms with Gasteiger partial charge in [-0.3, -0.25) is 9.67 Å². The summed E-state index contributed by atoms with van der Waals surface area (Å²) < 4.78 is 3.08. The van der Waals surface area contributed by atoms with Crippen LogP contribution in [0.15, 0.2) is 35.5 Å². The van der Waals surface area contributed by atoms with E-state index in [1.165, 1.54) is 22.4 Å². The molecule has 4 rings (SSSR count). The molecule has 0 bridgehead atoms. The second-order valence-electron chi connectivity index (χ2n) is 5.97. The van der Waals surface area contributed by atoms with Crippen LogP contribution in [-0.2, 0) is 7.05 Å². The van der Waals surface area contributed by atoms with Gasteiger partial charge in [0.25, 0.3) is 0 Å². The average Bonchev–Trinajstić information content (AvgIpc) is 3.12. The Balaban J connectivity index is 1.74. The Bertz CT molecular complexity index is 859. The summed E-state index contributed by atoms with van der Waals surface area (Å²) in [4.78, 5) is 9.53. The van der Waals surface area contributed by atoms with E-state index in [1.807, 2.05) is 24.0 Å². The van der Waals surface area contributed by atoms with Crippen LogP contribution in [0.3, 0.4) is 0 Å². The standard InChI is InChI=1S/C17H18N4S/c1-11-3-5-13(18-10-11)12-4-6-16-14(9-12)20-17(22-16)15-7-8-19-21(15)2/h4,6-9,11H,3,5,10H2,1-2H3. The van der Waals surface area contributed by atoms with Crippen molar-refractivity contribution >= 4 is 27.3 Å². The van der Waals surface area contributed by atoms with Crippen LogP contribution in [0.4, 0.5) is 0 Å². The van der Waals surface area contributed by atoms with Crippen LogP contribution in [0, 0.1) is 5.92 Å². The Morgan fingerprint density at radius 1 is 1.27 bits per heavy atom. The third-order valence-corrected chi connectivity index (χ3v) is 5.29. The summed E-state index contributed by atoms with van der Waals surface area (Å²) in [5, 5.41) is 5.25. The second-order valence-corrected chi connectivity index (χ2v) is 7.00. The van der Waals surface area contributed by atoms with Crippen molar-refractivity contribution in [3.8, 4) is 10.7 Å². The molecule has 22 heavy (non-hydrogen) atoms. The second kappa shape index (κ2) is 5.32. The minimum atomic E-state index is 0.711. The molecule has 1 atom stereocenters. The van der Waals surface area contributed by atoms with Gasteiger partial charge in [-0.05, 0) is 42.5 Å². The molecule has 0 saturated heterocycles. The summed E-state index contributed by atoms with van der Waals surface area (Å²) in [7, 11) is 1.95. The summed E-state index contributed by atoms with van der Waals surface area (Å²) in [6.07, 6.45) is 4.12. The van der Waals surface area contributed by atoms with Gasteiger partial charge < -0.3 is 0 Å². The Morgan fingerprint density at radius 3 is 2.91 bits per heavy atom. The summed E-state index contributed by atoms with van der Waals surface area (Å²) in [6.45, 7) is 3.22. The zero-order chi connectivity index (χ0) is 15.1. The molecule has 0 saturated carbocycles. The van der Waals surface area contributed by atoms with E-state index < -0.39 is 0 Å². The van der Waals surface area contributed by atoms with Crippen molar-refractivity contribution in [3.63, 3.8) is 0 Å². The molecular weight excluding hydrogens is 292 g/mol. The lowest BCUT2D eigenvalue weighted by molar-refractivity contribution is 0.538. The lowest BCUT2D eigenvalue weighted by Crippen LogP contribution is -2.14. The number of thiazole rings is 1. The molecule has 0 amide bonds. The normalized spacial score (nSPS) is 18.6. The predicted octanol–water partition coefficient (Wildman–Crippen LogP) is 3.92. The number of fused-ring (bicyclic) bond motifs is 1. The van der Waals surface area contributed by atoms with Crippen LogP contribution < -0.4 is 0 Å². The Kier molecular flexibility index (Phi) is 3.30. The van der Waals surface area contributed by atoms with Crippen LogP contribution in [-0.4, -0.2) is 27.0 Å². The van der Waals surface area contributed by atoms with Gasteiger partial charge in [0, 0.05) is 25.5 Å². The van der Waals surface area contributed by atoms with Crippen LogP contribution in [0.5, 0.6) is 0 Å². The number of aryl methyl sites for hydroxylation is 1. The molecule has 1 aliphatic rings. The van der Waals surface area contributed by atoms with Crippen LogP contribution in [0.25, 0.3) is 20.9 Å². The number of rotatable bonds is 2. The van der Waals surface area contributed by atoms with Gasteiger partial charge in [-0.25, -0.2) is 4.98 Å². The van der Waals surface area contributed by atoms with Crippen LogP contribution >= 0.6 is 11.3 Å². The Labute approximate surface area is 133 Å². The highest BCUT2D eigenvalue weighted by molar-refractivity contribution is 7.21. The van der Waals surface area contributed by atoms with E-state index >= 15 is 0 Å². The smallest absolute Gasteiger partial charge is 0.142 e. The summed E-state index contributed by atoms with van der Waals surface area (Å²) in [6, 6.07) is 8.54. The fourth-order valence-corrected chi connectivity index (χ4v) is 3.86. The Hall–Kier alpha value is -2.01. The Morgan fingerprint density at radius 2 is 2.18 bits per heavy atom. The zero-order valence-corrected chi connectivity index (χ0v) is 13.6. The first-order valence-corrected chi connectivity index (χ1v) is 8.45. The van der Waals surface area contributed by atoms with Gasteiger partial charge in [0.2, 0.25) is 0 Å². The zero-order valence-electron chi connectivity index (χ0n) is 12.8. The summed E-state index contributed by atoms with van der Waals surface area (Å²) in [5.41, 5.74) is 4.57. The van der Waals surface area contributed by atoms with Crippen molar-refractivity contribution in [3.05, 3.63) is 36.0 Å². The highest BCUT2D eigenvalue weighted by Gasteiger charge is 2.15. The molecule has 0 radical (unpaired) electrons. The number of benzene rings is 1. The third kappa shape index (κ3) is 2.35. The first kappa shape index (κ1) is 13.6. The van der Waals surface area contributed by atoms with Crippen molar-refractivity contribution in [2.24, 2.45) is 18.0 Å². The maximum absolute atomic E-state index is 4.79. The van der Waals surface area contributed by atoms with E-state index in [0.717, 1.165) is 29.2 Å². The molecule has 0 aliphatic carbocycles. The molecule has 0 fully saturated rings. The SMILES string of the molecule is CC1CCC(c2ccc3sc(-c4ccnn4C)nc3c2)=NC1. The topological polar surface area (TPSA) is 43.1 Å². The van der Waals surface area contributed by atoms with Crippen molar-refractivity contribution in [2.75, 3.05) is 6.54 Å². The molecule has 4 nitrogen and oxygen atoms in total. The molecular formula is C17H18N4S. The highest BCUT2D eigenvalue weighted by Crippen LogP contribution is 2.31. The summed E-state index contributed by atoms with van der Waals surface area (Å²) >= 11 is 1.71.